The lowest BCUT2D eigenvalue weighted by molar-refractivity contribution is -0.119. The van der Waals surface area contributed by atoms with Gasteiger partial charge in [0.2, 0.25) is 0 Å². The summed E-state index contributed by atoms with van der Waals surface area (Å²) in [6.45, 7) is 5.88. The molecular formula is C20H17Cl2NO2S. The summed E-state index contributed by atoms with van der Waals surface area (Å²) >= 11 is 13.7. The molecule has 0 fully saturated rings. The van der Waals surface area contributed by atoms with Crippen LogP contribution in [0.2, 0.25) is 10.0 Å². The van der Waals surface area contributed by atoms with Crippen molar-refractivity contribution in [3.8, 4) is 0 Å². The van der Waals surface area contributed by atoms with Crippen LogP contribution in [-0.4, -0.2) is 17.6 Å². The fourth-order valence-electron chi connectivity index (χ4n) is 3.00. The number of anilines is 1. The fourth-order valence-corrected chi connectivity index (χ4v) is 4.23. The molecular weight excluding hydrogens is 389 g/mol. The van der Waals surface area contributed by atoms with Gasteiger partial charge in [0.05, 0.1) is 26.2 Å². The molecule has 0 saturated carbocycles. The number of benzene rings is 2. The molecule has 0 aliphatic carbocycles. The Morgan fingerprint density at radius 3 is 2.42 bits per heavy atom. The van der Waals surface area contributed by atoms with Gasteiger partial charge in [0.15, 0.2) is 0 Å². The summed E-state index contributed by atoms with van der Waals surface area (Å²) in [5.41, 5.74) is 3.56. The standard InChI is InChI=1S/C20H17Cl2NO2S/c1-4-26-18-16(13-9-8-11(2)10-12(13)3)19(24)23(20(18)25)15-7-5-6-14(21)17(15)22/h5-10H,4H2,1-3H3. The third kappa shape index (κ3) is 3.18. The van der Waals surface area contributed by atoms with Gasteiger partial charge < -0.3 is 0 Å². The molecule has 134 valence electrons. The van der Waals surface area contributed by atoms with Gasteiger partial charge in [0.25, 0.3) is 11.8 Å². The molecule has 1 aliphatic rings. The minimum absolute atomic E-state index is 0.193. The molecule has 2 aromatic carbocycles. The SMILES string of the molecule is CCSC1=C(c2ccc(C)cc2C)C(=O)N(c2cccc(Cl)c2Cl)C1=O. The lowest BCUT2D eigenvalue weighted by Crippen LogP contribution is -2.31. The van der Waals surface area contributed by atoms with Crippen LogP contribution in [0.1, 0.15) is 23.6 Å². The molecule has 0 radical (unpaired) electrons. The first-order valence-electron chi connectivity index (χ1n) is 8.14. The van der Waals surface area contributed by atoms with Crippen LogP contribution in [0.25, 0.3) is 5.57 Å². The molecule has 0 atom stereocenters. The van der Waals surface area contributed by atoms with E-state index in [-0.39, 0.29) is 16.8 Å². The van der Waals surface area contributed by atoms with Crippen molar-refractivity contribution >= 4 is 58.0 Å². The maximum Gasteiger partial charge on any atom is 0.272 e. The van der Waals surface area contributed by atoms with Crippen molar-refractivity contribution in [2.75, 3.05) is 10.7 Å². The van der Waals surface area contributed by atoms with Gasteiger partial charge in [-0.05, 0) is 42.9 Å². The maximum absolute atomic E-state index is 13.2. The van der Waals surface area contributed by atoms with Crippen molar-refractivity contribution in [3.05, 3.63) is 68.0 Å². The van der Waals surface area contributed by atoms with Gasteiger partial charge >= 0.3 is 0 Å². The van der Waals surface area contributed by atoms with Gasteiger partial charge in [-0.3, -0.25) is 9.59 Å². The summed E-state index contributed by atoms with van der Waals surface area (Å²) in [4.78, 5) is 27.9. The molecule has 3 nitrogen and oxygen atoms in total. The van der Waals surface area contributed by atoms with Gasteiger partial charge in [0, 0.05) is 0 Å². The fraction of sp³-hybridized carbons (Fsp3) is 0.200. The van der Waals surface area contributed by atoms with E-state index in [1.54, 1.807) is 18.2 Å². The van der Waals surface area contributed by atoms with Crippen LogP contribution in [0.5, 0.6) is 0 Å². The molecule has 0 bridgehead atoms. The van der Waals surface area contributed by atoms with Crippen LogP contribution in [0, 0.1) is 13.8 Å². The van der Waals surface area contributed by atoms with Gasteiger partial charge in [-0.25, -0.2) is 4.90 Å². The van der Waals surface area contributed by atoms with E-state index in [2.05, 4.69) is 0 Å². The second kappa shape index (κ2) is 7.47. The number of aryl methyl sites for hydroxylation is 2. The zero-order chi connectivity index (χ0) is 19.0. The molecule has 0 spiro atoms. The Kier molecular flexibility index (Phi) is 5.47. The van der Waals surface area contributed by atoms with Crippen molar-refractivity contribution in [2.24, 2.45) is 0 Å². The number of hydrogen-bond donors (Lipinski definition) is 0. The van der Waals surface area contributed by atoms with Gasteiger partial charge in [0.1, 0.15) is 0 Å². The van der Waals surface area contributed by atoms with E-state index in [9.17, 15) is 9.59 Å². The molecule has 0 aromatic heterocycles. The Morgan fingerprint density at radius 1 is 1.04 bits per heavy atom. The third-order valence-corrected chi connectivity index (χ3v) is 5.92. The Bertz CT molecular complexity index is 953. The first kappa shape index (κ1) is 19.0. The lowest BCUT2D eigenvalue weighted by atomic mass is 9.99. The van der Waals surface area contributed by atoms with Crippen LogP contribution in [0.3, 0.4) is 0 Å². The molecule has 3 rings (SSSR count). The molecule has 1 heterocycles. The highest BCUT2D eigenvalue weighted by atomic mass is 35.5. The Balaban J connectivity index is 2.17. The quantitative estimate of drug-likeness (QED) is 0.616. The van der Waals surface area contributed by atoms with Gasteiger partial charge in [-0.2, -0.15) is 0 Å². The van der Waals surface area contributed by atoms with Gasteiger partial charge in [-0.15, -0.1) is 11.8 Å². The summed E-state index contributed by atoms with van der Waals surface area (Å²) in [6.07, 6.45) is 0. The monoisotopic (exact) mass is 405 g/mol. The highest BCUT2D eigenvalue weighted by Crippen LogP contribution is 2.42. The van der Waals surface area contributed by atoms with E-state index in [1.165, 1.54) is 11.8 Å². The summed E-state index contributed by atoms with van der Waals surface area (Å²) < 4.78 is 0. The number of hydrogen-bond acceptors (Lipinski definition) is 3. The van der Waals surface area contributed by atoms with Gasteiger partial charge in [-0.1, -0.05) is 60.0 Å². The number of carbonyl (C=O) groups is 2. The molecule has 2 aromatic rings. The normalized spacial score (nSPS) is 14.6. The van der Waals surface area contributed by atoms with Crippen LogP contribution in [0.4, 0.5) is 5.69 Å². The van der Waals surface area contributed by atoms with E-state index in [1.807, 2.05) is 39.0 Å². The van der Waals surface area contributed by atoms with Crippen molar-refractivity contribution < 1.29 is 9.59 Å². The molecule has 0 unspecified atom stereocenters. The summed E-state index contributed by atoms with van der Waals surface area (Å²) in [5.74, 6) is -0.0528. The average Bonchev–Trinajstić information content (AvgIpc) is 2.82. The predicted molar refractivity (Wildman–Crippen MR) is 110 cm³/mol. The second-order valence-corrected chi connectivity index (χ2v) is 8.03. The second-order valence-electron chi connectivity index (χ2n) is 5.97. The largest absolute Gasteiger partial charge is 0.272 e. The number of amides is 2. The first-order valence-corrected chi connectivity index (χ1v) is 9.88. The zero-order valence-corrected chi connectivity index (χ0v) is 16.9. The Hall–Kier alpha value is -1.75. The summed E-state index contributed by atoms with van der Waals surface area (Å²) in [7, 11) is 0. The number of halogens is 2. The van der Waals surface area contributed by atoms with E-state index in [0.29, 0.717) is 26.9 Å². The lowest BCUT2D eigenvalue weighted by Gasteiger charge is -2.17. The zero-order valence-electron chi connectivity index (χ0n) is 14.6. The topological polar surface area (TPSA) is 37.4 Å². The van der Waals surface area contributed by atoms with Crippen molar-refractivity contribution in [2.45, 2.75) is 20.8 Å². The number of carbonyl (C=O) groups excluding carboxylic acids is 2. The van der Waals surface area contributed by atoms with E-state index >= 15 is 0 Å². The third-order valence-electron chi connectivity index (χ3n) is 4.15. The summed E-state index contributed by atoms with van der Waals surface area (Å²) in [6, 6.07) is 10.8. The molecule has 2 amide bonds. The number of imide groups is 1. The smallest absolute Gasteiger partial charge is 0.268 e. The number of thioether (sulfide) groups is 1. The first-order chi connectivity index (χ1) is 12.4. The minimum atomic E-state index is -0.373. The van der Waals surface area contributed by atoms with E-state index in [4.69, 9.17) is 23.2 Å². The van der Waals surface area contributed by atoms with Crippen LogP contribution in [0.15, 0.2) is 41.3 Å². The molecule has 0 N–H and O–H groups in total. The molecule has 1 aliphatic heterocycles. The van der Waals surface area contributed by atoms with Crippen molar-refractivity contribution in [1.82, 2.24) is 0 Å². The molecule has 26 heavy (non-hydrogen) atoms. The van der Waals surface area contributed by atoms with E-state index < -0.39 is 0 Å². The van der Waals surface area contributed by atoms with E-state index in [0.717, 1.165) is 21.6 Å². The number of nitrogens with zero attached hydrogens (tertiary/aromatic N) is 1. The highest BCUT2D eigenvalue weighted by molar-refractivity contribution is 8.04. The van der Waals surface area contributed by atoms with Crippen molar-refractivity contribution in [1.29, 1.82) is 0 Å². The Morgan fingerprint density at radius 2 is 1.77 bits per heavy atom. The Labute approximate surface area is 167 Å². The predicted octanol–water partition coefficient (Wildman–Crippen LogP) is 5.65. The highest BCUT2D eigenvalue weighted by Gasteiger charge is 2.41. The summed E-state index contributed by atoms with van der Waals surface area (Å²) in [5, 5.41) is 0.494. The average molecular weight is 406 g/mol. The molecule has 0 saturated heterocycles. The minimum Gasteiger partial charge on any atom is -0.268 e. The van der Waals surface area contributed by atoms with Crippen LogP contribution in [-0.2, 0) is 9.59 Å². The maximum atomic E-state index is 13.2. The number of rotatable bonds is 4. The van der Waals surface area contributed by atoms with Crippen LogP contribution >= 0.6 is 35.0 Å². The van der Waals surface area contributed by atoms with Crippen molar-refractivity contribution in [3.63, 3.8) is 0 Å². The van der Waals surface area contributed by atoms with Crippen LogP contribution < -0.4 is 4.90 Å². The molecule has 6 heteroatoms.